The second kappa shape index (κ2) is 6.33. The zero-order chi connectivity index (χ0) is 12.7. The van der Waals surface area contributed by atoms with E-state index < -0.39 is 12.1 Å². The van der Waals surface area contributed by atoms with Crippen LogP contribution in [0.15, 0.2) is 52.5 Å². The van der Waals surface area contributed by atoms with Crippen molar-refractivity contribution in [2.24, 2.45) is 9.98 Å². The lowest BCUT2D eigenvalue weighted by atomic mass is 9.96. The van der Waals surface area contributed by atoms with Crippen molar-refractivity contribution in [1.29, 1.82) is 0 Å². The quantitative estimate of drug-likeness (QED) is 0.441. The average Bonchev–Trinajstić information content (AvgIpc) is 2.34. The Labute approximate surface area is 99.4 Å². The molecule has 0 amide bonds. The number of benzene rings is 1. The van der Waals surface area contributed by atoms with Crippen LogP contribution in [0.3, 0.4) is 0 Å². The third-order valence-corrected chi connectivity index (χ3v) is 2.33. The fourth-order valence-corrected chi connectivity index (χ4v) is 1.54. The molecule has 0 bridgehead atoms. The van der Waals surface area contributed by atoms with Gasteiger partial charge in [0.25, 0.3) is 0 Å². The summed E-state index contributed by atoms with van der Waals surface area (Å²) in [6.45, 7) is 5.46. The fourth-order valence-electron chi connectivity index (χ4n) is 1.54. The van der Waals surface area contributed by atoms with E-state index in [9.17, 15) is 9.59 Å². The molecule has 1 aromatic rings. The lowest BCUT2D eigenvalue weighted by Gasteiger charge is -2.18. The van der Waals surface area contributed by atoms with Crippen molar-refractivity contribution in [3.63, 3.8) is 0 Å². The van der Waals surface area contributed by atoms with E-state index in [-0.39, 0.29) is 0 Å². The molecule has 4 heteroatoms. The Morgan fingerprint density at radius 2 is 1.76 bits per heavy atom. The number of isocyanates is 2. The van der Waals surface area contributed by atoms with Gasteiger partial charge in [-0.25, -0.2) is 9.59 Å². The lowest BCUT2D eigenvalue weighted by Crippen LogP contribution is -2.16. The largest absolute Gasteiger partial charge is 0.235 e. The molecule has 86 valence electrons. The van der Waals surface area contributed by atoms with Crippen LogP contribution in [0.2, 0.25) is 0 Å². The van der Waals surface area contributed by atoms with Crippen molar-refractivity contribution < 1.29 is 9.59 Å². The minimum Gasteiger partial charge on any atom is -0.211 e. The minimum absolute atomic E-state index is 0.576. The van der Waals surface area contributed by atoms with Gasteiger partial charge in [0, 0.05) is 0 Å². The van der Waals surface area contributed by atoms with E-state index in [1.165, 1.54) is 12.2 Å². The maximum atomic E-state index is 10.5. The van der Waals surface area contributed by atoms with Crippen LogP contribution in [-0.2, 0) is 9.59 Å². The first-order chi connectivity index (χ1) is 8.20. The van der Waals surface area contributed by atoms with Crippen molar-refractivity contribution in [1.82, 2.24) is 0 Å². The molecule has 0 N–H and O–H groups in total. The van der Waals surface area contributed by atoms with Crippen LogP contribution in [0, 0.1) is 0 Å². The topological polar surface area (TPSA) is 58.9 Å². The van der Waals surface area contributed by atoms with E-state index in [4.69, 9.17) is 0 Å². The summed E-state index contributed by atoms with van der Waals surface area (Å²) in [7, 11) is 0. The molecule has 4 nitrogen and oxygen atoms in total. The van der Waals surface area contributed by atoms with Crippen molar-refractivity contribution in [3.8, 4) is 0 Å². The molecule has 2 unspecified atom stereocenters. The second-order valence-electron chi connectivity index (χ2n) is 3.59. The number of hydrogen-bond donors (Lipinski definition) is 0. The predicted molar refractivity (Wildman–Crippen MR) is 64.0 cm³/mol. The van der Waals surface area contributed by atoms with E-state index in [1.807, 2.05) is 30.3 Å². The molecule has 0 aliphatic rings. The van der Waals surface area contributed by atoms with Crippen LogP contribution in [-0.4, -0.2) is 18.2 Å². The number of aliphatic imine (C=N–C) groups is 2. The number of hydrogen-bond acceptors (Lipinski definition) is 4. The molecular weight excluding hydrogens is 216 g/mol. The SMILES string of the molecule is C=C(C)C(N=C=O)C(N=C=O)c1ccccc1. The standard InChI is InChI=1S/C13H12N2O2/c1-10(2)12(14-8-16)13(15-9-17)11-6-4-3-5-7-11/h3-7,12-13H,1H2,2H3. The van der Waals surface area contributed by atoms with Crippen LogP contribution in [0.5, 0.6) is 0 Å². The van der Waals surface area contributed by atoms with Crippen molar-refractivity contribution >= 4 is 12.2 Å². The summed E-state index contributed by atoms with van der Waals surface area (Å²) in [6.07, 6.45) is 2.99. The first kappa shape index (κ1) is 12.8. The highest BCUT2D eigenvalue weighted by atomic mass is 16.1. The van der Waals surface area contributed by atoms with Gasteiger partial charge >= 0.3 is 0 Å². The Kier molecular flexibility index (Phi) is 4.77. The molecule has 0 spiro atoms. The predicted octanol–water partition coefficient (Wildman–Crippen LogP) is 2.34. The van der Waals surface area contributed by atoms with Crippen LogP contribution in [0.4, 0.5) is 0 Å². The highest BCUT2D eigenvalue weighted by Gasteiger charge is 2.23. The minimum atomic E-state index is -0.587. The summed E-state index contributed by atoms with van der Waals surface area (Å²) in [5, 5.41) is 0. The van der Waals surface area contributed by atoms with E-state index in [1.54, 1.807) is 6.92 Å². The van der Waals surface area contributed by atoms with Gasteiger partial charge < -0.3 is 0 Å². The zero-order valence-electron chi connectivity index (χ0n) is 9.46. The first-order valence-corrected chi connectivity index (χ1v) is 5.05. The maximum absolute atomic E-state index is 10.5. The Morgan fingerprint density at radius 1 is 1.18 bits per heavy atom. The molecule has 0 fully saturated rings. The Hall–Kier alpha value is -2.28. The molecule has 0 aliphatic heterocycles. The van der Waals surface area contributed by atoms with Crippen molar-refractivity contribution in [2.75, 3.05) is 0 Å². The summed E-state index contributed by atoms with van der Waals surface area (Å²) in [5.74, 6) is 0. The molecule has 1 aromatic carbocycles. The van der Waals surface area contributed by atoms with E-state index in [2.05, 4.69) is 16.6 Å². The molecule has 0 saturated heterocycles. The van der Waals surface area contributed by atoms with Gasteiger partial charge in [-0.1, -0.05) is 42.5 Å². The number of rotatable bonds is 5. The summed E-state index contributed by atoms with van der Waals surface area (Å²) >= 11 is 0. The van der Waals surface area contributed by atoms with Gasteiger partial charge in [-0.2, -0.15) is 9.98 Å². The highest BCUT2D eigenvalue weighted by Crippen LogP contribution is 2.26. The molecule has 0 aliphatic carbocycles. The maximum Gasteiger partial charge on any atom is 0.235 e. The third kappa shape index (κ3) is 3.35. The lowest BCUT2D eigenvalue weighted by molar-refractivity contribution is 0.538. The molecule has 0 saturated carbocycles. The monoisotopic (exact) mass is 228 g/mol. The molecule has 0 heterocycles. The Morgan fingerprint density at radius 3 is 2.24 bits per heavy atom. The van der Waals surface area contributed by atoms with Gasteiger partial charge in [0.05, 0.1) is 0 Å². The van der Waals surface area contributed by atoms with Crippen molar-refractivity contribution in [2.45, 2.75) is 19.0 Å². The van der Waals surface area contributed by atoms with Crippen LogP contribution in [0.25, 0.3) is 0 Å². The molecule has 0 aromatic heterocycles. The Balaban J connectivity index is 3.20. The van der Waals surface area contributed by atoms with E-state index >= 15 is 0 Å². The highest BCUT2D eigenvalue weighted by molar-refractivity contribution is 5.40. The van der Waals surface area contributed by atoms with Crippen LogP contribution in [0.1, 0.15) is 18.5 Å². The third-order valence-electron chi connectivity index (χ3n) is 2.33. The summed E-state index contributed by atoms with van der Waals surface area (Å²) in [6, 6.07) is 7.95. The van der Waals surface area contributed by atoms with Gasteiger partial charge in [-0.15, -0.1) is 0 Å². The van der Waals surface area contributed by atoms with Gasteiger partial charge in [0.2, 0.25) is 12.2 Å². The van der Waals surface area contributed by atoms with Gasteiger partial charge in [-0.05, 0) is 12.5 Å². The summed E-state index contributed by atoms with van der Waals surface area (Å²) in [5.41, 5.74) is 1.42. The molecule has 0 radical (unpaired) electrons. The zero-order valence-corrected chi connectivity index (χ0v) is 9.46. The fraction of sp³-hybridized carbons (Fsp3) is 0.231. The smallest absolute Gasteiger partial charge is 0.211 e. The van der Waals surface area contributed by atoms with Crippen LogP contribution < -0.4 is 0 Å². The Bertz CT molecular complexity index is 481. The molecule has 2 atom stereocenters. The molecular formula is C13H12N2O2. The normalized spacial score (nSPS) is 12.8. The van der Waals surface area contributed by atoms with Gasteiger partial charge in [0.1, 0.15) is 12.1 Å². The second-order valence-corrected chi connectivity index (χ2v) is 3.59. The molecule has 1 rings (SSSR count). The summed E-state index contributed by atoms with van der Waals surface area (Å²) in [4.78, 5) is 28.2. The number of carbonyl (C=O) groups excluding carboxylic acids is 2. The van der Waals surface area contributed by atoms with E-state index in [0.29, 0.717) is 5.57 Å². The van der Waals surface area contributed by atoms with Gasteiger partial charge in [0.15, 0.2) is 0 Å². The molecule has 17 heavy (non-hydrogen) atoms. The van der Waals surface area contributed by atoms with Crippen LogP contribution >= 0.6 is 0 Å². The average molecular weight is 228 g/mol. The number of nitrogens with zero attached hydrogens (tertiary/aromatic N) is 2. The van der Waals surface area contributed by atoms with E-state index in [0.717, 1.165) is 5.56 Å². The van der Waals surface area contributed by atoms with Gasteiger partial charge in [-0.3, -0.25) is 0 Å². The van der Waals surface area contributed by atoms with Crippen molar-refractivity contribution in [3.05, 3.63) is 48.0 Å². The summed E-state index contributed by atoms with van der Waals surface area (Å²) < 4.78 is 0. The first-order valence-electron chi connectivity index (χ1n) is 5.05.